The summed E-state index contributed by atoms with van der Waals surface area (Å²) in [5.41, 5.74) is 0. The first-order valence-corrected chi connectivity index (χ1v) is 3.88. The van der Waals surface area contributed by atoms with E-state index in [4.69, 9.17) is 0 Å². The third kappa shape index (κ3) is 7.69. The fourth-order valence-electron chi connectivity index (χ4n) is 1.28. The first kappa shape index (κ1) is 10.8. The zero-order valence-electron chi connectivity index (χ0n) is 7.20. The molecule has 0 fully saturated rings. The predicted octanol–water partition coefficient (Wildman–Crippen LogP) is 3.62. The number of alkyl halides is 3. The van der Waals surface area contributed by atoms with E-state index in [0.717, 1.165) is 0 Å². The van der Waals surface area contributed by atoms with Crippen LogP contribution in [0.4, 0.5) is 13.2 Å². The maximum absolute atomic E-state index is 11.8. The van der Waals surface area contributed by atoms with Crippen molar-refractivity contribution in [3.05, 3.63) is 0 Å². The van der Waals surface area contributed by atoms with Crippen molar-refractivity contribution < 1.29 is 13.2 Å². The highest BCUT2D eigenvalue weighted by atomic mass is 19.4. The summed E-state index contributed by atoms with van der Waals surface area (Å²) in [4.78, 5) is 0. The molecule has 0 saturated carbocycles. The Kier molecular flexibility index (Phi) is 3.90. The number of rotatable bonds is 3. The zero-order chi connectivity index (χ0) is 9.07. The van der Waals surface area contributed by atoms with E-state index in [9.17, 15) is 13.2 Å². The largest absolute Gasteiger partial charge is 0.389 e. The number of halogens is 3. The molecular weight excluding hydrogens is 153 g/mol. The van der Waals surface area contributed by atoms with Crippen LogP contribution < -0.4 is 0 Å². The molecule has 0 nitrogen and oxygen atoms in total. The molecule has 0 amide bonds. The summed E-state index contributed by atoms with van der Waals surface area (Å²) in [5.74, 6) is 0.113. The Balaban J connectivity index is 3.61. The van der Waals surface area contributed by atoms with Gasteiger partial charge in [0.25, 0.3) is 0 Å². The van der Waals surface area contributed by atoms with Crippen molar-refractivity contribution in [1.29, 1.82) is 0 Å². The van der Waals surface area contributed by atoms with Gasteiger partial charge < -0.3 is 0 Å². The third-order valence-corrected chi connectivity index (χ3v) is 1.45. The van der Waals surface area contributed by atoms with Crippen LogP contribution in [-0.2, 0) is 0 Å². The highest BCUT2D eigenvalue weighted by Gasteiger charge is 2.29. The van der Waals surface area contributed by atoms with Crippen LogP contribution in [0, 0.1) is 11.8 Å². The number of hydrogen-bond acceptors (Lipinski definition) is 0. The van der Waals surface area contributed by atoms with Crippen LogP contribution in [0.3, 0.4) is 0 Å². The quantitative estimate of drug-likeness (QED) is 0.603. The van der Waals surface area contributed by atoms with Gasteiger partial charge in [0.15, 0.2) is 0 Å². The predicted molar refractivity (Wildman–Crippen MR) is 39.3 cm³/mol. The molecule has 0 aromatic rings. The molecule has 3 heteroatoms. The van der Waals surface area contributed by atoms with Gasteiger partial charge >= 0.3 is 6.18 Å². The van der Waals surface area contributed by atoms with Crippen molar-refractivity contribution in [2.75, 3.05) is 0 Å². The van der Waals surface area contributed by atoms with Gasteiger partial charge in [0, 0.05) is 6.42 Å². The molecule has 1 atom stereocenters. The van der Waals surface area contributed by atoms with E-state index in [1.54, 1.807) is 6.92 Å². The average molecular weight is 168 g/mol. The standard InChI is InChI=1S/C8H15F3/c1-6(2)4-7(3)5-8(9,10)11/h6-7H,4-5H2,1-3H3/t7-/m1/s1. The minimum Gasteiger partial charge on any atom is -0.171 e. The molecule has 0 bridgehead atoms. The van der Waals surface area contributed by atoms with E-state index in [2.05, 4.69) is 0 Å². The van der Waals surface area contributed by atoms with Crippen molar-refractivity contribution >= 4 is 0 Å². The van der Waals surface area contributed by atoms with E-state index in [1.165, 1.54) is 0 Å². The Morgan fingerprint density at radius 2 is 1.55 bits per heavy atom. The lowest BCUT2D eigenvalue weighted by molar-refractivity contribution is -0.144. The van der Waals surface area contributed by atoms with Gasteiger partial charge in [-0.15, -0.1) is 0 Å². The van der Waals surface area contributed by atoms with Crippen LogP contribution in [0.1, 0.15) is 33.6 Å². The second kappa shape index (κ2) is 3.98. The van der Waals surface area contributed by atoms with E-state index >= 15 is 0 Å². The summed E-state index contributed by atoms with van der Waals surface area (Å²) in [6, 6.07) is 0. The van der Waals surface area contributed by atoms with Crippen LogP contribution in [-0.4, -0.2) is 6.18 Å². The Morgan fingerprint density at radius 3 is 1.82 bits per heavy atom. The van der Waals surface area contributed by atoms with Crippen molar-refractivity contribution in [2.24, 2.45) is 11.8 Å². The Bertz CT molecular complexity index is 104. The molecule has 0 aromatic heterocycles. The van der Waals surface area contributed by atoms with Gasteiger partial charge in [-0.25, -0.2) is 0 Å². The van der Waals surface area contributed by atoms with E-state index in [-0.39, 0.29) is 5.92 Å². The topological polar surface area (TPSA) is 0 Å². The van der Waals surface area contributed by atoms with Crippen LogP contribution in [0.15, 0.2) is 0 Å². The summed E-state index contributed by atoms with van der Waals surface area (Å²) < 4.78 is 35.3. The molecule has 68 valence electrons. The second-order valence-corrected chi connectivity index (χ2v) is 3.55. The Labute approximate surface area is 65.8 Å². The maximum atomic E-state index is 11.8. The highest BCUT2D eigenvalue weighted by molar-refractivity contribution is 4.61. The summed E-state index contributed by atoms with van der Waals surface area (Å²) in [5, 5.41) is 0. The summed E-state index contributed by atoms with van der Waals surface area (Å²) in [6.07, 6.45) is -3.99. The highest BCUT2D eigenvalue weighted by Crippen LogP contribution is 2.27. The Hall–Kier alpha value is -0.210. The van der Waals surface area contributed by atoms with Gasteiger partial charge in [0.05, 0.1) is 0 Å². The van der Waals surface area contributed by atoms with Crippen molar-refractivity contribution in [3.8, 4) is 0 Å². The molecule has 0 heterocycles. The fraction of sp³-hybridized carbons (Fsp3) is 1.00. The van der Waals surface area contributed by atoms with Gasteiger partial charge in [-0.3, -0.25) is 0 Å². The lowest BCUT2D eigenvalue weighted by atomic mass is 9.96. The zero-order valence-corrected chi connectivity index (χ0v) is 7.20. The van der Waals surface area contributed by atoms with E-state index < -0.39 is 12.6 Å². The van der Waals surface area contributed by atoms with Crippen LogP contribution in [0.5, 0.6) is 0 Å². The molecule has 0 aromatic carbocycles. The monoisotopic (exact) mass is 168 g/mol. The van der Waals surface area contributed by atoms with Crippen LogP contribution >= 0.6 is 0 Å². The maximum Gasteiger partial charge on any atom is 0.389 e. The van der Waals surface area contributed by atoms with Gasteiger partial charge in [-0.05, 0) is 18.3 Å². The Morgan fingerprint density at radius 1 is 1.09 bits per heavy atom. The molecule has 0 radical (unpaired) electrons. The molecular formula is C8H15F3. The first-order valence-electron chi connectivity index (χ1n) is 3.88. The molecule has 0 saturated heterocycles. The van der Waals surface area contributed by atoms with Crippen LogP contribution in [0.25, 0.3) is 0 Å². The lowest BCUT2D eigenvalue weighted by Gasteiger charge is -2.15. The van der Waals surface area contributed by atoms with E-state index in [0.29, 0.717) is 12.3 Å². The minimum absolute atomic E-state index is 0.241. The summed E-state index contributed by atoms with van der Waals surface area (Å²) >= 11 is 0. The second-order valence-electron chi connectivity index (χ2n) is 3.55. The number of hydrogen-bond donors (Lipinski definition) is 0. The smallest absolute Gasteiger partial charge is 0.171 e. The summed E-state index contributed by atoms with van der Waals surface area (Å²) in [7, 11) is 0. The molecule has 0 aliphatic carbocycles. The fourth-order valence-corrected chi connectivity index (χ4v) is 1.28. The molecule has 0 unspecified atom stereocenters. The molecule has 0 aliphatic heterocycles. The third-order valence-electron chi connectivity index (χ3n) is 1.45. The molecule has 0 N–H and O–H groups in total. The van der Waals surface area contributed by atoms with Crippen molar-refractivity contribution in [1.82, 2.24) is 0 Å². The van der Waals surface area contributed by atoms with E-state index in [1.807, 2.05) is 13.8 Å². The SMILES string of the molecule is CC(C)C[C@@H](C)CC(F)(F)F. The molecule has 11 heavy (non-hydrogen) atoms. The first-order chi connectivity index (χ1) is 4.81. The normalized spacial score (nSPS) is 15.5. The van der Waals surface area contributed by atoms with Gasteiger partial charge in [0.1, 0.15) is 0 Å². The average Bonchev–Trinajstić information content (AvgIpc) is 1.53. The molecule has 0 aliphatic rings. The van der Waals surface area contributed by atoms with Gasteiger partial charge in [-0.2, -0.15) is 13.2 Å². The molecule has 0 rings (SSSR count). The lowest BCUT2D eigenvalue weighted by Crippen LogP contribution is -2.14. The van der Waals surface area contributed by atoms with Crippen molar-refractivity contribution in [2.45, 2.75) is 39.8 Å². The summed E-state index contributed by atoms with van der Waals surface area (Å²) in [6.45, 7) is 5.52. The van der Waals surface area contributed by atoms with Crippen molar-refractivity contribution in [3.63, 3.8) is 0 Å². The molecule has 0 spiro atoms. The van der Waals surface area contributed by atoms with Gasteiger partial charge in [-0.1, -0.05) is 20.8 Å². The minimum atomic E-state index is -3.99. The van der Waals surface area contributed by atoms with Gasteiger partial charge in [0.2, 0.25) is 0 Å². The van der Waals surface area contributed by atoms with Crippen LogP contribution in [0.2, 0.25) is 0 Å².